The van der Waals surface area contributed by atoms with Gasteiger partial charge in [-0.15, -0.1) is 0 Å². The molecule has 0 radical (unpaired) electrons. The van der Waals surface area contributed by atoms with Crippen molar-refractivity contribution in [3.8, 4) is 5.75 Å². The van der Waals surface area contributed by atoms with Gasteiger partial charge in [-0.3, -0.25) is 0 Å². The van der Waals surface area contributed by atoms with Gasteiger partial charge in [-0.1, -0.05) is 26.0 Å². The van der Waals surface area contributed by atoms with Crippen molar-refractivity contribution >= 4 is 0 Å². The second-order valence-electron chi connectivity index (χ2n) is 4.75. The lowest BCUT2D eigenvalue weighted by Crippen LogP contribution is -2.05. The normalized spacial score (nSPS) is 12.8. The van der Waals surface area contributed by atoms with Crippen LogP contribution in [-0.4, -0.2) is 6.61 Å². The summed E-state index contributed by atoms with van der Waals surface area (Å²) in [6.45, 7) is 7.24. The highest BCUT2D eigenvalue weighted by molar-refractivity contribution is 5.30. The fourth-order valence-corrected chi connectivity index (χ4v) is 1.57. The Balaban J connectivity index is 2.39. The molecule has 0 heterocycles. The topological polar surface area (TPSA) is 35.2 Å². The zero-order valence-electron chi connectivity index (χ0n) is 10.6. The average Bonchev–Trinajstić information content (AvgIpc) is 2.24. The Morgan fingerprint density at radius 2 is 2.00 bits per heavy atom. The van der Waals surface area contributed by atoms with Crippen LogP contribution in [0.5, 0.6) is 5.75 Å². The maximum Gasteiger partial charge on any atom is 0.119 e. The van der Waals surface area contributed by atoms with Crippen molar-refractivity contribution in [2.45, 2.75) is 39.7 Å². The molecule has 90 valence electrons. The quantitative estimate of drug-likeness (QED) is 0.746. The summed E-state index contributed by atoms with van der Waals surface area (Å²) in [7, 11) is 0. The molecular formula is C14H23NO. The number of nitrogens with two attached hydrogens (primary N) is 1. The van der Waals surface area contributed by atoms with E-state index in [9.17, 15) is 0 Å². The molecule has 1 atom stereocenters. The number of benzene rings is 1. The maximum atomic E-state index is 5.82. The van der Waals surface area contributed by atoms with Crippen LogP contribution in [0.3, 0.4) is 0 Å². The summed E-state index contributed by atoms with van der Waals surface area (Å²) in [5.41, 5.74) is 6.95. The van der Waals surface area contributed by atoms with Crippen molar-refractivity contribution < 1.29 is 4.74 Å². The third-order valence-corrected chi connectivity index (χ3v) is 2.58. The number of hydrogen-bond acceptors (Lipinski definition) is 2. The van der Waals surface area contributed by atoms with Crippen molar-refractivity contribution in [2.24, 2.45) is 11.7 Å². The Kier molecular flexibility index (Phi) is 5.33. The standard InChI is InChI=1S/C14H23NO/c1-11(2)6-5-9-16-14-8-4-7-13(10-14)12(3)15/h4,7-8,10-12H,5-6,9,15H2,1-3H3/t12-/m0/s1. The molecule has 0 aliphatic carbocycles. The first-order valence-corrected chi connectivity index (χ1v) is 6.08. The van der Waals surface area contributed by atoms with E-state index >= 15 is 0 Å². The molecule has 0 aliphatic heterocycles. The zero-order chi connectivity index (χ0) is 12.0. The Labute approximate surface area is 98.8 Å². The number of ether oxygens (including phenoxy) is 1. The van der Waals surface area contributed by atoms with Crippen LogP contribution in [0.15, 0.2) is 24.3 Å². The minimum atomic E-state index is 0.0687. The van der Waals surface area contributed by atoms with Gasteiger partial charge < -0.3 is 10.5 Å². The van der Waals surface area contributed by atoms with Gasteiger partial charge in [-0.25, -0.2) is 0 Å². The van der Waals surface area contributed by atoms with Crippen molar-refractivity contribution in [3.05, 3.63) is 29.8 Å². The van der Waals surface area contributed by atoms with Crippen LogP contribution in [0.2, 0.25) is 0 Å². The van der Waals surface area contributed by atoms with Gasteiger partial charge in [-0.2, -0.15) is 0 Å². The van der Waals surface area contributed by atoms with E-state index in [0.717, 1.165) is 30.3 Å². The smallest absolute Gasteiger partial charge is 0.119 e. The molecule has 0 saturated carbocycles. The Bertz CT molecular complexity index is 307. The van der Waals surface area contributed by atoms with E-state index in [1.165, 1.54) is 6.42 Å². The molecule has 1 aromatic carbocycles. The first-order valence-electron chi connectivity index (χ1n) is 6.08. The predicted octanol–water partition coefficient (Wildman–Crippen LogP) is 3.52. The molecule has 0 spiro atoms. The van der Waals surface area contributed by atoms with Gasteiger partial charge in [0.2, 0.25) is 0 Å². The van der Waals surface area contributed by atoms with Crippen LogP contribution in [-0.2, 0) is 0 Å². The van der Waals surface area contributed by atoms with Crippen molar-refractivity contribution in [3.63, 3.8) is 0 Å². The van der Waals surface area contributed by atoms with Crippen molar-refractivity contribution in [1.29, 1.82) is 0 Å². The van der Waals surface area contributed by atoms with Crippen LogP contribution in [0, 0.1) is 5.92 Å². The minimum absolute atomic E-state index is 0.0687. The molecule has 0 bridgehead atoms. The summed E-state index contributed by atoms with van der Waals surface area (Å²) in [6, 6.07) is 8.11. The van der Waals surface area contributed by atoms with Crippen LogP contribution >= 0.6 is 0 Å². The van der Waals surface area contributed by atoms with Gasteiger partial charge >= 0.3 is 0 Å². The monoisotopic (exact) mass is 221 g/mol. The van der Waals surface area contributed by atoms with Crippen LogP contribution in [0.1, 0.15) is 45.2 Å². The van der Waals surface area contributed by atoms with E-state index in [1.54, 1.807) is 0 Å². The van der Waals surface area contributed by atoms with E-state index < -0.39 is 0 Å². The molecule has 1 aromatic rings. The summed E-state index contributed by atoms with van der Waals surface area (Å²) in [6.07, 6.45) is 2.33. The largest absolute Gasteiger partial charge is 0.494 e. The van der Waals surface area contributed by atoms with Crippen molar-refractivity contribution in [2.75, 3.05) is 6.61 Å². The Hall–Kier alpha value is -1.02. The van der Waals surface area contributed by atoms with Gasteiger partial charge in [0, 0.05) is 6.04 Å². The first-order chi connectivity index (χ1) is 7.59. The van der Waals surface area contributed by atoms with Crippen LogP contribution in [0.4, 0.5) is 0 Å². The Morgan fingerprint density at radius 3 is 2.62 bits per heavy atom. The number of hydrogen-bond donors (Lipinski definition) is 1. The summed E-state index contributed by atoms with van der Waals surface area (Å²) >= 11 is 0. The second-order valence-corrected chi connectivity index (χ2v) is 4.75. The highest BCUT2D eigenvalue weighted by Crippen LogP contribution is 2.18. The highest BCUT2D eigenvalue weighted by Gasteiger charge is 2.01. The van der Waals surface area contributed by atoms with E-state index in [2.05, 4.69) is 13.8 Å². The molecule has 0 fully saturated rings. The SMILES string of the molecule is CC(C)CCCOc1cccc([C@H](C)N)c1. The lowest BCUT2D eigenvalue weighted by atomic mass is 10.1. The molecule has 0 aromatic heterocycles. The molecular weight excluding hydrogens is 198 g/mol. The fourth-order valence-electron chi connectivity index (χ4n) is 1.57. The van der Waals surface area contributed by atoms with E-state index in [-0.39, 0.29) is 6.04 Å². The third kappa shape index (κ3) is 4.67. The summed E-state index contributed by atoms with van der Waals surface area (Å²) in [5.74, 6) is 1.68. The second kappa shape index (κ2) is 6.54. The molecule has 0 saturated heterocycles. The third-order valence-electron chi connectivity index (χ3n) is 2.58. The van der Waals surface area contributed by atoms with E-state index in [4.69, 9.17) is 10.5 Å². The molecule has 0 amide bonds. The summed E-state index contributed by atoms with van der Waals surface area (Å²) in [5, 5.41) is 0. The first kappa shape index (κ1) is 13.0. The maximum absolute atomic E-state index is 5.82. The van der Waals surface area contributed by atoms with Crippen molar-refractivity contribution in [1.82, 2.24) is 0 Å². The Morgan fingerprint density at radius 1 is 1.25 bits per heavy atom. The molecule has 2 heteroatoms. The zero-order valence-corrected chi connectivity index (χ0v) is 10.6. The fraction of sp³-hybridized carbons (Fsp3) is 0.571. The molecule has 2 N–H and O–H groups in total. The van der Waals surface area contributed by atoms with E-state index in [1.807, 2.05) is 31.2 Å². The van der Waals surface area contributed by atoms with Gasteiger partial charge in [0.25, 0.3) is 0 Å². The molecule has 2 nitrogen and oxygen atoms in total. The average molecular weight is 221 g/mol. The van der Waals surface area contributed by atoms with E-state index in [0.29, 0.717) is 0 Å². The van der Waals surface area contributed by atoms with Crippen LogP contribution < -0.4 is 10.5 Å². The minimum Gasteiger partial charge on any atom is -0.494 e. The molecule has 0 unspecified atom stereocenters. The molecule has 16 heavy (non-hydrogen) atoms. The highest BCUT2D eigenvalue weighted by atomic mass is 16.5. The lowest BCUT2D eigenvalue weighted by molar-refractivity contribution is 0.297. The van der Waals surface area contributed by atoms with Gasteiger partial charge in [-0.05, 0) is 43.4 Å². The molecule has 0 aliphatic rings. The summed E-state index contributed by atoms with van der Waals surface area (Å²) < 4.78 is 5.69. The predicted molar refractivity (Wildman–Crippen MR) is 68.6 cm³/mol. The van der Waals surface area contributed by atoms with Gasteiger partial charge in [0.1, 0.15) is 5.75 Å². The molecule has 1 rings (SSSR count). The van der Waals surface area contributed by atoms with Crippen LogP contribution in [0.25, 0.3) is 0 Å². The van der Waals surface area contributed by atoms with Gasteiger partial charge in [0.15, 0.2) is 0 Å². The van der Waals surface area contributed by atoms with Gasteiger partial charge in [0.05, 0.1) is 6.61 Å². The summed E-state index contributed by atoms with van der Waals surface area (Å²) in [4.78, 5) is 0. The number of rotatable bonds is 6. The lowest BCUT2D eigenvalue weighted by Gasteiger charge is -2.10.